The van der Waals surface area contributed by atoms with Crippen molar-refractivity contribution in [3.8, 4) is 0 Å². The van der Waals surface area contributed by atoms with Gasteiger partial charge in [0, 0.05) is 42.7 Å². The van der Waals surface area contributed by atoms with Gasteiger partial charge in [-0.05, 0) is 38.5 Å². The summed E-state index contributed by atoms with van der Waals surface area (Å²) < 4.78 is 0. The van der Waals surface area contributed by atoms with Gasteiger partial charge in [0.2, 0.25) is 5.91 Å². The monoisotopic (exact) mass is 527 g/mol. The fourth-order valence-electron chi connectivity index (χ4n) is 3.71. The molecule has 2 heterocycles. The van der Waals surface area contributed by atoms with Gasteiger partial charge < -0.3 is 20.4 Å². The van der Waals surface area contributed by atoms with E-state index in [0.717, 1.165) is 24.6 Å². The van der Waals surface area contributed by atoms with Gasteiger partial charge in [0.05, 0.1) is 13.1 Å². The van der Waals surface area contributed by atoms with Crippen molar-refractivity contribution < 1.29 is 9.59 Å². The molecule has 166 valence electrons. The SMILES string of the molecule is CCNC(=NCc1ccc(C(=O)N2CCNC(=O)C2)cc1)N1CC(C)(C)C1(C)C.I. The number of rotatable bonds is 4. The molecule has 0 saturated carbocycles. The van der Waals surface area contributed by atoms with E-state index in [1.54, 1.807) is 4.90 Å². The van der Waals surface area contributed by atoms with Gasteiger partial charge in [-0.3, -0.25) is 9.59 Å². The summed E-state index contributed by atoms with van der Waals surface area (Å²) in [6.45, 7) is 14.7. The van der Waals surface area contributed by atoms with Crippen molar-refractivity contribution >= 4 is 41.8 Å². The topological polar surface area (TPSA) is 77.0 Å². The highest BCUT2D eigenvalue weighted by molar-refractivity contribution is 14.0. The predicted octanol–water partition coefficient (Wildman–Crippen LogP) is 2.46. The number of likely N-dealkylation sites (tertiary alicyclic amines) is 1. The van der Waals surface area contributed by atoms with Crippen molar-refractivity contribution in [1.82, 2.24) is 20.4 Å². The molecule has 7 nitrogen and oxygen atoms in total. The van der Waals surface area contributed by atoms with Crippen LogP contribution in [-0.2, 0) is 11.3 Å². The van der Waals surface area contributed by atoms with E-state index in [2.05, 4.69) is 50.2 Å². The Labute approximate surface area is 196 Å². The Balaban J connectivity index is 0.00000320. The molecule has 2 saturated heterocycles. The molecule has 0 radical (unpaired) electrons. The number of carbonyl (C=O) groups is 2. The number of nitrogens with zero attached hydrogens (tertiary/aromatic N) is 3. The number of hydrogen-bond acceptors (Lipinski definition) is 3. The molecule has 1 aromatic rings. The average Bonchev–Trinajstić information content (AvgIpc) is 2.69. The zero-order chi connectivity index (χ0) is 21.2. The van der Waals surface area contributed by atoms with Gasteiger partial charge in [0.1, 0.15) is 0 Å². The van der Waals surface area contributed by atoms with Crippen LogP contribution >= 0.6 is 24.0 Å². The van der Waals surface area contributed by atoms with E-state index in [-0.39, 0.29) is 53.3 Å². The first-order chi connectivity index (χ1) is 13.7. The van der Waals surface area contributed by atoms with E-state index in [9.17, 15) is 9.59 Å². The van der Waals surface area contributed by atoms with Crippen LogP contribution in [0.4, 0.5) is 0 Å². The van der Waals surface area contributed by atoms with Gasteiger partial charge >= 0.3 is 0 Å². The second-order valence-corrected chi connectivity index (χ2v) is 8.97. The van der Waals surface area contributed by atoms with E-state index >= 15 is 0 Å². The van der Waals surface area contributed by atoms with Gasteiger partial charge in [-0.2, -0.15) is 0 Å². The molecule has 0 aromatic heterocycles. The van der Waals surface area contributed by atoms with Gasteiger partial charge in [-0.1, -0.05) is 26.0 Å². The third kappa shape index (κ3) is 4.90. The van der Waals surface area contributed by atoms with Crippen LogP contribution in [0.5, 0.6) is 0 Å². The third-order valence-corrected chi connectivity index (χ3v) is 6.41. The van der Waals surface area contributed by atoms with Crippen molar-refractivity contribution in [2.45, 2.75) is 46.7 Å². The fraction of sp³-hybridized carbons (Fsp3) is 0.591. The minimum atomic E-state index is -0.108. The Morgan fingerprint density at radius 3 is 2.40 bits per heavy atom. The minimum absolute atomic E-state index is 0. The highest BCUT2D eigenvalue weighted by Crippen LogP contribution is 2.46. The molecule has 1 aromatic carbocycles. The van der Waals surface area contributed by atoms with Crippen LogP contribution < -0.4 is 10.6 Å². The highest BCUT2D eigenvalue weighted by atomic mass is 127. The molecule has 2 aliphatic heterocycles. The lowest BCUT2D eigenvalue weighted by molar-refractivity contribution is -0.123. The fourth-order valence-corrected chi connectivity index (χ4v) is 3.71. The van der Waals surface area contributed by atoms with Crippen molar-refractivity contribution in [3.63, 3.8) is 0 Å². The number of carbonyl (C=O) groups excluding carboxylic acids is 2. The van der Waals surface area contributed by atoms with Crippen molar-refractivity contribution in [3.05, 3.63) is 35.4 Å². The maximum absolute atomic E-state index is 12.6. The highest BCUT2D eigenvalue weighted by Gasteiger charge is 2.53. The predicted molar refractivity (Wildman–Crippen MR) is 130 cm³/mol. The summed E-state index contributed by atoms with van der Waals surface area (Å²) in [5.41, 5.74) is 1.94. The second kappa shape index (κ2) is 9.53. The van der Waals surface area contributed by atoms with Crippen molar-refractivity contribution in [2.24, 2.45) is 10.4 Å². The minimum Gasteiger partial charge on any atom is -0.356 e. The molecule has 2 amide bonds. The second-order valence-electron chi connectivity index (χ2n) is 8.97. The summed E-state index contributed by atoms with van der Waals surface area (Å²) in [5, 5.41) is 6.14. The van der Waals surface area contributed by atoms with Crippen molar-refractivity contribution in [2.75, 3.05) is 32.7 Å². The van der Waals surface area contributed by atoms with E-state index < -0.39 is 0 Å². The number of benzene rings is 1. The summed E-state index contributed by atoms with van der Waals surface area (Å²) >= 11 is 0. The molecular formula is C22H34IN5O2. The molecule has 0 spiro atoms. The van der Waals surface area contributed by atoms with Crippen LogP contribution in [0, 0.1) is 5.41 Å². The smallest absolute Gasteiger partial charge is 0.254 e. The molecule has 2 aliphatic rings. The Bertz CT molecular complexity index is 804. The Morgan fingerprint density at radius 1 is 1.20 bits per heavy atom. The quantitative estimate of drug-likeness (QED) is 0.359. The van der Waals surface area contributed by atoms with Crippen LogP contribution in [-0.4, -0.2) is 65.8 Å². The first kappa shape index (κ1) is 24.4. The lowest BCUT2D eigenvalue weighted by Crippen LogP contribution is -2.72. The third-order valence-electron chi connectivity index (χ3n) is 6.41. The summed E-state index contributed by atoms with van der Waals surface area (Å²) in [6.07, 6.45) is 0. The number of piperazine rings is 1. The molecule has 0 atom stereocenters. The summed E-state index contributed by atoms with van der Waals surface area (Å²) in [6, 6.07) is 7.53. The number of hydrogen-bond donors (Lipinski definition) is 2. The maximum Gasteiger partial charge on any atom is 0.254 e. The van der Waals surface area contributed by atoms with Crippen LogP contribution in [0.2, 0.25) is 0 Å². The number of halogens is 1. The largest absolute Gasteiger partial charge is 0.356 e. The average molecular weight is 527 g/mol. The van der Waals surface area contributed by atoms with E-state index in [4.69, 9.17) is 4.99 Å². The van der Waals surface area contributed by atoms with Crippen LogP contribution in [0.25, 0.3) is 0 Å². The number of amides is 2. The van der Waals surface area contributed by atoms with E-state index in [1.807, 2.05) is 24.3 Å². The van der Waals surface area contributed by atoms with Crippen LogP contribution in [0.1, 0.15) is 50.5 Å². The maximum atomic E-state index is 12.6. The van der Waals surface area contributed by atoms with Gasteiger partial charge in [-0.15, -0.1) is 24.0 Å². The molecule has 2 N–H and O–H groups in total. The lowest BCUT2D eigenvalue weighted by Gasteiger charge is -2.62. The zero-order valence-corrected chi connectivity index (χ0v) is 20.9. The summed E-state index contributed by atoms with van der Waals surface area (Å²) in [4.78, 5) is 32.8. The number of guanidine groups is 1. The van der Waals surface area contributed by atoms with E-state index in [1.165, 1.54) is 0 Å². The van der Waals surface area contributed by atoms with Crippen LogP contribution in [0.3, 0.4) is 0 Å². The van der Waals surface area contributed by atoms with Gasteiger partial charge in [-0.25, -0.2) is 4.99 Å². The molecular weight excluding hydrogens is 493 g/mol. The summed E-state index contributed by atoms with van der Waals surface area (Å²) in [5.74, 6) is 0.715. The Morgan fingerprint density at radius 2 is 1.87 bits per heavy atom. The molecule has 3 rings (SSSR count). The van der Waals surface area contributed by atoms with Gasteiger partial charge in [0.15, 0.2) is 5.96 Å². The molecule has 2 fully saturated rings. The van der Waals surface area contributed by atoms with Crippen molar-refractivity contribution in [1.29, 1.82) is 0 Å². The van der Waals surface area contributed by atoms with Crippen LogP contribution in [0.15, 0.2) is 29.3 Å². The molecule has 0 unspecified atom stereocenters. The number of aliphatic imine (C=N–C) groups is 1. The summed E-state index contributed by atoms with van der Waals surface area (Å²) in [7, 11) is 0. The molecule has 8 heteroatoms. The normalized spacial score (nSPS) is 20.0. The molecule has 30 heavy (non-hydrogen) atoms. The standard InChI is InChI=1S/C22H33N5O2.HI/c1-6-23-20(27-15-21(2,3)22(27,4)5)25-13-16-7-9-17(10-8-16)19(29)26-12-11-24-18(28)14-26;/h7-10H,6,11-15H2,1-5H3,(H,23,25)(H,24,28);1H. The first-order valence-corrected chi connectivity index (χ1v) is 10.4. The van der Waals surface area contributed by atoms with E-state index in [0.29, 0.717) is 25.2 Å². The van der Waals surface area contributed by atoms with Gasteiger partial charge in [0.25, 0.3) is 5.91 Å². The number of nitrogens with one attached hydrogen (secondary N) is 2. The first-order valence-electron chi connectivity index (χ1n) is 10.4. The Hall–Kier alpha value is -1.84. The Kier molecular flexibility index (Phi) is 7.76. The molecule has 0 bridgehead atoms. The zero-order valence-electron chi connectivity index (χ0n) is 18.6. The molecule has 0 aliphatic carbocycles. The lowest BCUT2D eigenvalue weighted by atomic mass is 9.65.